The van der Waals surface area contributed by atoms with E-state index in [9.17, 15) is 0 Å². The first-order chi connectivity index (χ1) is 6.16. The third-order valence-electron chi connectivity index (χ3n) is 2.94. The van der Waals surface area contributed by atoms with E-state index in [1.165, 1.54) is 25.7 Å². The zero-order chi connectivity index (χ0) is 10.9. The Kier molecular flexibility index (Phi) is 10.2. The lowest BCUT2D eigenvalue weighted by atomic mass is 9.85. The maximum atomic E-state index is 2.43. The summed E-state index contributed by atoms with van der Waals surface area (Å²) in [5, 5.41) is 0. The zero-order valence-electron chi connectivity index (χ0n) is 10.9. The maximum absolute atomic E-state index is 2.43. The van der Waals surface area contributed by atoms with Crippen molar-refractivity contribution in [2.75, 3.05) is 0 Å². The minimum absolute atomic E-state index is 0.708. The van der Waals surface area contributed by atoms with Crippen LogP contribution in [-0.2, 0) is 0 Å². The van der Waals surface area contributed by atoms with Gasteiger partial charge in [0.05, 0.1) is 0 Å². The highest BCUT2D eigenvalue weighted by Gasteiger charge is 2.30. The van der Waals surface area contributed by atoms with Gasteiger partial charge < -0.3 is 0 Å². The molecule has 0 radical (unpaired) electrons. The van der Waals surface area contributed by atoms with Crippen LogP contribution in [0.2, 0.25) is 0 Å². The predicted octanol–water partition coefficient (Wildman–Crippen LogP) is 5.28. The molecule has 2 unspecified atom stereocenters. The molecule has 0 nitrogen and oxygen atoms in total. The fourth-order valence-corrected chi connectivity index (χ4v) is 1.96. The van der Waals surface area contributed by atoms with Crippen molar-refractivity contribution < 1.29 is 0 Å². The van der Waals surface area contributed by atoms with Crippen molar-refractivity contribution in [3.63, 3.8) is 0 Å². The van der Waals surface area contributed by atoms with Gasteiger partial charge in [0.2, 0.25) is 0 Å². The summed E-state index contributed by atoms with van der Waals surface area (Å²) in [5.41, 5.74) is 0.708. The van der Waals surface area contributed by atoms with E-state index in [1.54, 1.807) is 0 Å². The summed E-state index contributed by atoms with van der Waals surface area (Å²) >= 11 is 0. The van der Waals surface area contributed by atoms with Gasteiger partial charge in [0, 0.05) is 0 Å². The number of rotatable bonds is 1. The molecule has 0 bridgehead atoms. The molecule has 1 aliphatic carbocycles. The average Bonchev–Trinajstić information content (AvgIpc) is 2.54. The lowest BCUT2D eigenvalue weighted by Gasteiger charge is -2.20. The highest BCUT2D eigenvalue weighted by Crippen LogP contribution is 2.43. The molecule has 1 saturated carbocycles. The lowest BCUT2D eigenvalue weighted by molar-refractivity contribution is 0.312. The minimum atomic E-state index is 0.708. The van der Waals surface area contributed by atoms with Crippen molar-refractivity contribution in [1.29, 1.82) is 0 Å². The first kappa shape index (κ1) is 15.5. The second-order valence-corrected chi connectivity index (χ2v) is 4.01. The monoisotopic (exact) mass is 186 g/mol. The van der Waals surface area contributed by atoms with E-state index in [-0.39, 0.29) is 0 Å². The van der Waals surface area contributed by atoms with E-state index in [4.69, 9.17) is 0 Å². The van der Waals surface area contributed by atoms with Gasteiger partial charge in [0.25, 0.3) is 0 Å². The van der Waals surface area contributed by atoms with Crippen LogP contribution in [-0.4, -0.2) is 0 Å². The van der Waals surface area contributed by atoms with E-state index < -0.39 is 0 Å². The molecule has 1 fully saturated rings. The zero-order valence-corrected chi connectivity index (χ0v) is 10.9. The van der Waals surface area contributed by atoms with Crippen LogP contribution in [0.4, 0.5) is 0 Å². The Labute approximate surface area is 86.1 Å². The van der Waals surface area contributed by atoms with Crippen molar-refractivity contribution in [3.8, 4) is 0 Å². The molecule has 0 aromatic rings. The van der Waals surface area contributed by atoms with E-state index in [0.29, 0.717) is 5.41 Å². The summed E-state index contributed by atoms with van der Waals surface area (Å²) in [7, 11) is 0. The van der Waals surface area contributed by atoms with Crippen molar-refractivity contribution in [1.82, 2.24) is 0 Å². The van der Waals surface area contributed by atoms with Gasteiger partial charge in [-0.05, 0) is 24.2 Å². The van der Waals surface area contributed by atoms with Crippen molar-refractivity contribution in [2.24, 2.45) is 11.3 Å². The van der Waals surface area contributed by atoms with Gasteiger partial charge >= 0.3 is 0 Å². The summed E-state index contributed by atoms with van der Waals surface area (Å²) in [6.45, 7) is 15.1. The molecular weight excluding hydrogens is 156 g/mol. The first-order valence-electron chi connectivity index (χ1n) is 6.16. The molecule has 1 rings (SSSR count). The molecular formula is C13H30. The maximum Gasteiger partial charge on any atom is -0.0326 e. The molecule has 0 aromatic carbocycles. The van der Waals surface area contributed by atoms with Crippen LogP contribution in [0.5, 0.6) is 0 Å². The molecule has 0 heteroatoms. The predicted molar refractivity (Wildman–Crippen MR) is 64.1 cm³/mol. The second-order valence-electron chi connectivity index (χ2n) is 4.01. The fraction of sp³-hybridized carbons (Fsp3) is 1.00. The summed E-state index contributed by atoms with van der Waals surface area (Å²) in [6.07, 6.45) is 5.76. The van der Waals surface area contributed by atoms with E-state index in [1.807, 2.05) is 27.7 Å². The summed E-state index contributed by atoms with van der Waals surface area (Å²) in [5.74, 6) is 0.995. The van der Waals surface area contributed by atoms with E-state index >= 15 is 0 Å². The van der Waals surface area contributed by atoms with Crippen LogP contribution in [0.25, 0.3) is 0 Å². The normalized spacial score (nSPS) is 31.2. The van der Waals surface area contributed by atoms with Crippen LogP contribution >= 0.6 is 0 Å². The Bertz CT molecular complexity index is 96.2. The first-order valence-corrected chi connectivity index (χ1v) is 6.16. The highest BCUT2D eigenvalue weighted by molar-refractivity contribution is 4.82. The molecule has 0 heterocycles. The van der Waals surface area contributed by atoms with Crippen molar-refractivity contribution in [2.45, 2.75) is 74.1 Å². The topological polar surface area (TPSA) is 0 Å². The molecule has 2 atom stereocenters. The van der Waals surface area contributed by atoms with Gasteiger partial charge in [0.15, 0.2) is 0 Å². The third-order valence-corrected chi connectivity index (χ3v) is 2.94. The summed E-state index contributed by atoms with van der Waals surface area (Å²) in [6, 6.07) is 0. The fourth-order valence-electron chi connectivity index (χ4n) is 1.96. The highest BCUT2D eigenvalue weighted by atomic mass is 14.4. The smallest absolute Gasteiger partial charge is 0.0326 e. The molecule has 1 aliphatic rings. The Morgan fingerprint density at radius 3 is 1.77 bits per heavy atom. The number of hydrogen-bond donors (Lipinski definition) is 0. The van der Waals surface area contributed by atoms with Crippen LogP contribution < -0.4 is 0 Å². The van der Waals surface area contributed by atoms with Crippen molar-refractivity contribution in [3.05, 3.63) is 0 Å². The summed E-state index contributed by atoms with van der Waals surface area (Å²) in [4.78, 5) is 0. The van der Waals surface area contributed by atoms with Gasteiger partial charge in [-0.15, -0.1) is 0 Å². The third kappa shape index (κ3) is 6.12. The molecule has 0 amide bonds. The van der Waals surface area contributed by atoms with Crippen LogP contribution in [0.15, 0.2) is 0 Å². The van der Waals surface area contributed by atoms with Gasteiger partial charge in [-0.2, -0.15) is 0 Å². The van der Waals surface area contributed by atoms with Gasteiger partial charge in [-0.25, -0.2) is 0 Å². The molecule has 0 N–H and O–H groups in total. The van der Waals surface area contributed by atoms with Crippen LogP contribution in [0, 0.1) is 11.3 Å². The Morgan fingerprint density at radius 1 is 1.15 bits per heavy atom. The van der Waals surface area contributed by atoms with Gasteiger partial charge in [-0.3, -0.25) is 0 Å². The van der Waals surface area contributed by atoms with Crippen molar-refractivity contribution >= 4 is 0 Å². The van der Waals surface area contributed by atoms with E-state index in [0.717, 1.165) is 5.92 Å². The molecule has 0 aromatic heterocycles. The number of hydrogen-bond acceptors (Lipinski definition) is 0. The molecule has 0 aliphatic heterocycles. The van der Waals surface area contributed by atoms with Crippen LogP contribution in [0.3, 0.4) is 0 Å². The molecule has 0 spiro atoms. The van der Waals surface area contributed by atoms with Gasteiger partial charge in [-0.1, -0.05) is 61.3 Å². The van der Waals surface area contributed by atoms with Gasteiger partial charge in [0.1, 0.15) is 0 Å². The lowest BCUT2D eigenvalue weighted by Crippen LogP contribution is -2.08. The molecule has 82 valence electrons. The summed E-state index contributed by atoms with van der Waals surface area (Å²) < 4.78 is 0. The molecule has 0 saturated heterocycles. The Hall–Kier alpha value is 0. The molecule has 13 heavy (non-hydrogen) atoms. The Morgan fingerprint density at radius 2 is 1.62 bits per heavy atom. The van der Waals surface area contributed by atoms with Crippen LogP contribution in [0.1, 0.15) is 74.1 Å². The minimum Gasteiger partial charge on any atom is -0.0683 e. The largest absolute Gasteiger partial charge is 0.0683 e. The average molecular weight is 186 g/mol. The second kappa shape index (κ2) is 8.59. The standard InChI is InChI=1S/C9H18.2C2H6/c1-4-9(3)6-5-8(2)7-9;2*1-2/h8H,4-7H2,1-3H3;2*1-2H3. The SMILES string of the molecule is CC.CC.CCC1(C)CCC(C)C1. The van der Waals surface area contributed by atoms with E-state index in [2.05, 4.69) is 20.8 Å². The Balaban J connectivity index is 0. The quantitative estimate of drug-likeness (QED) is 0.523.